The summed E-state index contributed by atoms with van der Waals surface area (Å²) in [4.78, 5) is 40.7. The molecule has 1 amide bonds. The Balaban J connectivity index is 1.74. The molecule has 8 heteroatoms. The maximum Gasteiger partial charge on any atom is 0.332 e. The second-order valence-corrected chi connectivity index (χ2v) is 8.10. The first kappa shape index (κ1) is 19.4. The number of rotatable bonds is 5. The molecule has 1 saturated heterocycles. The predicted molar refractivity (Wildman–Crippen MR) is 113 cm³/mol. The maximum absolute atomic E-state index is 13.2. The van der Waals surface area contributed by atoms with Crippen LogP contribution in [0.2, 0.25) is 0 Å². The summed E-state index contributed by atoms with van der Waals surface area (Å²) < 4.78 is 8.36. The summed E-state index contributed by atoms with van der Waals surface area (Å²) in [5.41, 5.74) is 0.518. The van der Waals surface area contributed by atoms with Crippen molar-refractivity contribution in [3.05, 3.63) is 62.1 Å². The number of fused-ring (bicyclic) bond motifs is 1. The number of benzene rings is 1. The zero-order chi connectivity index (χ0) is 20.4. The summed E-state index contributed by atoms with van der Waals surface area (Å²) in [6.07, 6.45) is 3.11. The van der Waals surface area contributed by atoms with Crippen molar-refractivity contribution in [1.82, 2.24) is 14.0 Å². The highest BCUT2D eigenvalue weighted by Gasteiger charge is 2.21. The van der Waals surface area contributed by atoms with Crippen molar-refractivity contribution < 1.29 is 9.53 Å². The molecule has 152 valence electrons. The van der Waals surface area contributed by atoms with Gasteiger partial charge in [0.05, 0.1) is 19.2 Å². The summed E-state index contributed by atoms with van der Waals surface area (Å²) in [5.74, 6) is 0.583. The zero-order valence-electron chi connectivity index (χ0n) is 16.3. The zero-order valence-corrected chi connectivity index (χ0v) is 17.1. The van der Waals surface area contributed by atoms with Crippen LogP contribution in [0.1, 0.15) is 24.8 Å². The number of ether oxygens (including phenoxy) is 1. The first-order chi connectivity index (χ1) is 14.1. The average molecular weight is 413 g/mol. The van der Waals surface area contributed by atoms with Gasteiger partial charge in [-0.05, 0) is 48.4 Å². The van der Waals surface area contributed by atoms with Gasteiger partial charge in [-0.15, -0.1) is 11.3 Å². The van der Waals surface area contributed by atoms with Gasteiger partial charge in [-0.3, -0.25) is 18.7 Å². The van der Waals surface area contributed by atoms with E-state index in [0.717, 1.165) is 37.9 Å². The molecule has 3 aromatic rings. The Morgan fingerprint density at radius 2 is 1.90 bits per heavy atom. The summed E-state index contributed by atoms with van der Waals surface area (Å²) in [6, 6.07) is 9.01. The summed E-state index contributed by atoms with van der Waals surface area (Å²) >= 11 is 1.29. The Kier molecular flexibility index (Phi) is 5.53. The van der Waals surface area contributed by atoms with Crippen molar-refractivity contribution in [2.24, 2.45) is 0 Å². The standard InChI is InChI=1S/C21H23N3O4S/c1-28-16-7-5-6-15(12-16)13-24-20(26)19-17(8-11-29-19)23(21(24)27)14-18(25)22-9-3-2-4-10-22/h5-8,11-12H,2-4,9-10,13-14H2,1H3. The highest BCUT2D eigenvalue weighted by atomic mass is 32.1. The molecular formula is C21H23N3O4S. The first-order valence-electron chi connectivity index (χ1n) is 9.70. The van der Waals surface area contributed by atoms with E-state index in [1.165, 1.54) is 20.5 Å². The van der Waals surface area contributed by atoms with Crippen LogP contribution in [-0.4, -0.2) is 40.1 Å². The van der Waals surface area contributed by atoms with Crippen molar-refractivity contribution in [2.45, 2.75) is 32.4 Å². The van der Waals surface area contributed by atoms with Crippen LogP contribution in [0.15, 0.2) is 45.3 Å². The van der Waals surface area contributed by atoms with E-state index in [2.05, 4.69) is 0 Å². The van der Waals surface area contributed by atoms with Crippen LogP contribution in [0.25, 0.3) is 10.2 Å². The highest BCUT2D eigenvalue weighted by Crippen LogP contribution is 2.17. The molecule has 3 heterocycles. The molecule has 1 fully saturated rings. The number of carbonyl (C=O) groups is 1. The molecule has 29 heavy (non-hydrogen) atoms. The normalized spacial score (nSPS) is 14.3. The van der Waals surface area contributed by atoms with E-state index in [1.807, 2.05) is 23.1 Å². The second kappa shape index (κ2) is 8.24. The molecule has 2 aromatic heterocycles. The summed E-state index contributed by atoms with van der Waals surface area (Å²) in [5, 5.41) is 1.78. The number of nitrogens with zero attached hydrogens (tertiary/aromatic N) is 3. The van der Waals surface area contributed by atoms with Gasteiger partial charge in [0.25, 0.3) is 5.56 Å². The number of carbonyl (C=O) groups excluding carboxylic acids is 1. The van der Waals surface area contributed by atoms with Gasteiger partial charge in [-0.25, -0.2) is 4.79 Å². The Labute approximate surface area is 171 Å². The summed E-state index contributed by atoms with van der Waals surface area (Å²) in [6.45, 7) is 1.53. The molecule has 4 rings (SSSR count). The molecule has 0 saturated carbocycles. The van der Waals surface area contributed by atoms with Gasteiger partial charge in [-0.1, -0.05) is 12.1 Å². The Morgan fingerprint density at radius 1 is 1.10 bits per heavy atom. The highest BCUT2D eigenvalue weighted by molar-refractivity contribution is 7.17. The molecule has 0 bridgehead atoms. The van der Waals surface area contributed by atoms with E-state index in [1.54, 1.807) is 24.6 Å². The number of aromatic nitrogens is 2. The topological polar surface area (TPSA) is 73.5 Å². The van der Waals surface area contributed by atoms with Gasteiger partial charge >= 0.3 is 5.69 Å². The fourth-order valence-electron chi connectivity index (χ4n) is 3.76. The molecule has 1 aliphatic heterocycles. The van der Waals surface area contributed by atoms with Crippen molar-refractivity contribution in [2.75, 3.05) is 20.2 Å². The maximum atomic E-state index is 13.2. The molecule has 7 nitrogen and oxygen atoms in total. The van der Waals surface area contributed by atoms with Crippen LogP contribution in [-0.2, 0) is 17.9 Å². The fraction of sp³-hybridized carbons (Fsp3) is 0.381. The van der Waals surface area contributed by atoms with Crippen molar-refractivity contribution >= 4 is 27.5 Å². The first-order valence-corrected chi connectivity index (χ1v) is 10.6. The third kappa shape index (κ3) is 3.85. The molecule has 0 unspecified atom stereocenters. The monoisotopic (exact) mass is 413 g/mol. The van der Waals surface area contributed by atoms with E-state index >= 15 is 0 Å². The minimum atomic E-state index is -0.464. The number of hydrogen-bond acceptors (Lipinski definition) is 5. The third-order valence-electron chi connectivity index (χ3n) is 5.31. The lowest BCUT2D eigenvalue weighted by Gasteiger charge is -2.27. The Hall–Kier alpha value is -2.87. The van der Waals surface area contributed by atoms with Crippen molar-refractivity contribution in [1.29, 1.82) is 0 Å². The van der Waals surface area contributed by atoms with E-state index in [-0.39, 0.29) is 24.6 Å². The van der Waals surface area contributed by atoms with Crippen LogP contribution < -0.4 is 16.0 Å². The number of likely N-dealkylation sites (tertiary alicyclic amines) is 1. The number of piperidine rings is 1. The van der Waals surface area contributed by atoms with Crippen LogP contribution in [0.3, 0.4) is 0 Å². The van der Waals surface area contributed by atoms with Crippen LogP contribution >= 0.6 is 11.3 Å². The van der Waals surface area contributed by atoms with Gasteiger partial charge in [0.1, 0.15) is 17.0 Å². The van der Waals surface area contributed by atoms with E-state index < -0.39 is 5.69 Å². The molecule has 0 atom stereocenters. The number of thiophene rings is 1. The smallest absolute Gasteiger partial charge is 0.332 e. The van der Waals surface area contributed by atoms with Crippen molar-refractivity contribution in [3.8, 4) is 5.75 Å². The average Bonchev–Trinajstić information content (AvgIpc) is 3.25. The van der Waals surface area contributed by atoms with Gasteiger partial charge in [0.2, 0.25) is 5.91 Å². The molecule has 0 spiro atoms. The largest absolute Gasteiger partial charge is 0.497 e. The Morgan fingerprint density at radius 3 is 2.66 bits per heavy atom. The molecule has 0 aliphatic carbocycles. The summed E-state index contributed by atoms with van der Waals surface area (Å²) in [7, 11) is 1.57. The van der Waals surface area contributed by atoms with E-state index in [0.29, 0.717) is 16.0 Å². The van der Waals surface area contributed by atoms with Gasteiger partial charge in [0.15, 0.2) is 0 Å². The number of amides is 1. The van der Waals surface area contributed by atoms with Crippen LogP contribution in [0.4, 0.5) is 0 Å². The van der Waals surface area contributed by atoms with E-state index in [9.17, 15) is 14.4 Å². The predicted octanol–water partition coefficient (Wildman–Crippen LogP) is 2.29. The third-order valence-corrected chi connectivity index (χ3v) is 6.21. The van der Waals surface area contributed by atoms with Gasteiger partial charge < -0.3 is 9.64 Å². The Bertz CT molecular complexity index is 1150. The minimum absolute atomic E-state index is 0.0511. The minimum Gasteiger partial charge on any atom is -0.497 e. The molecular weight excluding hydrogens is 390 g/mol. The lowest BCUT2D eigenvalue weighted by atomic mass is 10.1. The quantitative estimate of drug-likeness (QED) is 0.643. The number of methoxy groups -OCH3 is 1. The molecule has 0 N–H and O–H groups in total. The van der Waals surface area contributed by atoms with E-state index in [4.69, 9.17) is 4.74 Å². The van der Waals surface area contributed by atoms with Crippen LogP contribution in [0.5, 0.6) is 5.75 Å². The fourth-order valence-corrected chi connectivity index (χ4v) is 4.60. The molecule has 1 aliphatic rings. The van der Waals surface area contributed by atoms with Crippen LogP contribution in [0, 0.1) is 0 Å². The van der Waals surface area contributed by atoms with Gasteiger partial charge in [-0.2, -0.15) is 0 Å². The lowest BCUT2D eigenvalue weighted by molar-refractivity contribution is -0.132. The number of hydrogen-bond donors (Lipinski definition) is 0. The molecule has 1 aromatic carbocycles. The second-order valence-electron chi connectivity index (χ2n) is 7.19. The molecule has 0 radical (unpaired) electrons. The lowest BCUT2D eigenvalue weighted by Crippen LogP contribution is -2.44. The van der Waals surface area contributed by atoms with Gasteiger partial charge in [0, 0.05) is 13.1 Å². The van der Waals surface area contributed by atoms with Crippen molar-refractivity contribution in [3.63, 3.8) is 0 Å². The SMILES string of the molecule is COc1cccc(Cn2c(=O)c3sccc3n(CC(=O)N3CCCCC3)c2=O)c1.